The second-order valence-corrected chi connectivity index (χ2v) is 6.74. The van der Waals surface area contributed by atoms with Gasteiger partial charge in [-0.3, -0.25) is 0 Å². The van der Waals surface area contributed by atoms with Crippen LogP contribution in [-0.2, 0) is 6.42 Å². The molecule has 2 rings (SSSR count). The monoisotopic (exact) mass is 385 g/mol. The summed E-state index contributed by atoms with van der Waals surface area (Å²) in [4.78, 5) is 0. The molecule has 0 bridgehead atoms. The highest BCUT2D eigenvalue weighted by Crippen LogP contribution is 2.27. The van der Waals surface area contributed by atoms with E-state index in [9.17, 15) is 0 Å². The summed E-state index contributed by atoms with van der Waals surface area (Å²) in [6.07, 6.45) is 2.01. The smallest absolute Gasteiger partial charge is 0.0595 e. The van der Waals surface area contributed by atoms with Crippen LogP contribution in [0.2, 0.25) is 10.0 Å². The Morgan fingerprint density at radius 3 is 2.57 bits per heavy atom. The van der Waals surface area contributed by atoms with E-state index < -0.39 is 0 Å². The molecule has 0 saturated heterocycles. The van der Waals surface area contributed by atoms with E-state index >= 15 is 0 Å². The minimum absolute atomic E-state index is 0.231. The van der Waals surface area contributed by atoms with Gasteiger partial charge in [0.15, 0.2) is 0 Å². The van der Waals surface area contributed by atoms with Crippen molar-refractivity contribution in [2.24, 2.45) is 0 Å². The van der Waals surface area contributed by atoms with Crippen LogP contribution in [0.25, 0.3) is 0 Å². The molecule has 1 nitrogen and oxygen atoms in total. The molecular formula is C17H18BrCl2N. The summed E-state index contributed by atoms with van der Waals surface area (Å²) >= 11 is 15.7. The lowest BCUT2D eigenvalue weighted by Gasteiger charge is -2.20. The highest BCUT2D eigenvalue weighted by atomic mass is 79.9. The molecule has 0 aliphatic heterocycles. The predicted molar refractivity (Wildman–Crippen MR) is 95.3 cm³/mol. The number of hydrogen-bond acceptors (Lipinski definition) is 1. The molecule has 21 heavy (non-hydrogen) atoms. The summed E-state index contributed by atoms with van der Waals surface area (Å²) in [5.41, 5.74) is 2.45. The lowest BCUT2D eigenvalue weighted by Crippen LogP contribution is -2.24. The van der Waals surface area contributed by atoms with Crippen LogP contribution in [0.3, 0.4) is 0 Å². The molecule has 1 atom stereocenters. The molecule has 112 valence electrons. The second kappa shape index (κ2) is 8.19. The van der Waals surface area contributed by atoms with Crippen molar-refractivity contribution < 1.29 is 0 Å². The summed E-state index contributed by atoms with van der Waals surface area (Å²) in [7, 11) is 0. The number of benzene rings is 2. The van der Waals surface area contributed by atoms with E-state index in [-0.39, 0.29) is 6.04 Å². The first-order valence-corrected chi connectivity index (χ1v) is 8.58. The third-order valence-corrected chi connectivity index (χ3v) is 4.55. The van der Waals surface area contributed by atoms with Crippen molar-refractivity contribution in [3.63, 3.8) is 0 Å². The van der Waals surface area contributed by atoms with Crippen molar-refractivity contribution in [3.8, 4) is 0 Å². The van der Waals surface area contributed by atoms with Crippen molar-refractivity contribution in [3.05, 3.63) is 68.1 Å². The molecule has 0 aliphatic carbocycles. The Morgan fingerprint density at radius 2 is 1.90 bits per heavy atom. The molecule has 0 heterocycles. The van der Waals surface area contributed by atoms with Crippen LogP contribution in [-0.4, -0.2) is 6.54 Å². The Bertz CT molecular complexity index is 601. The summed E-state index contributed by atoms with van der Waals surface area (Å²) < 4.78 is 1.10. The summed E-state index contributed by atoms with van der Waals surface area (Å²) in [6, 6.07) is 14.5. The fraction of sp³-hybridized carbons (Fsp3) is 0.294. The lowest BCUT2D eigenvalue weighted by atomic mass is 9.98. The molecule has 0 aliphatic rings. The predicted octanol–water partition coefficient (Wildman–Crippen LogP) is 6.04. The van der Waals surface area contributed by atoms with Crippen LogP contribution < -0.4 is 5.32 Å². The minimum Gasteiger partial charge on any atom is -0.310 e. The van der Waals surface area contributed by atoms with Gasteiger partial charge in [0.2, 0.25) is 0 Å². The van der Waals surface area contributed by atoms with Crippen molar-refractivity contribution in [1.29, 1.82) is 0 Å². The van der Waals surface area contributed by atoms with Crippen LogP contribution in [0.4, 0.5) is 0 Å². The molecule has 0 saturated carbocycles. The average molecular weight is 387 g/mol. The van der Waals surface area contributed by atoms with Crippen LogP contribution in [0.15, 0.2) is 46.9 Å². The highest BCUT2D eigenvalue weighted by molar-refractivity contribution is 9.10. The van der Waals surface area contributed by atoms with Gasteiger partial charge in [0.25, 0.3) is 0 Å². The van der Waals surface area contributed by atoms with E-state index in [2.05, 4.69) is 46.4 Å². The molecule has 0 amide bonds. The quantitative estimate of drug-likeness (QED) is 0.638. The molecule has 1 N–H and O–H groups in total. The summed E-state index contributed by atoms with van der Waals surface area (Å²) in [5, 5.41) is 4.78. The van der Waals surface area contributed by atoms with E-state index in [1.807, 2.05) is 24.3 Å². The maximum atomic E-state index is 6.15. The maximum Gasteiger partial charge on any atom is 0.0595 e. The van der Waals surface area contributed by atoms with Gasteiger partial charge in [-0.2, -0.15) is 0 Å². The van der Waals surface area contributed by atoms with Crippen LogP contribution in [0, 0.1) is 0 Å². The van der Waals surface area contributed by atoms with Gasteiger partial charge in [-0.05, 0) is 54.8 Å². The van der Waals surface area contributed by atoms with Gasteiger partial charge >= 0.3 is 0 Å². The standard InChI is InChI=1S/C17H18BrCl2N/c1-2-8-21-17(10-12-4-3-5-14(18)9-12)13-6-7-15(19)16(20)11-13/h3-7,9,11,17,21H,2,8,10H2,1H3. The van der Waals surface area contributed by atoms with Crippen LogP contribution in [0.5, 0.6) is 0 Å². The number of halogens is 3. The second-order valence-electron chi connectivity index (χ2n) is 5.01. The molecule has 0 spiro atoms. The zero-order valence-corrected chi connectivity index (χ0v) is 15.0. The fourth-order valence-electron chi connectivity index (χ4n) is 2.26. The van der Waals surface area contributed by atoms with Crippen LogP contribution in [0.1, 0.15) is 30.5 Å². The minimum atomic E-state index is 0.231. The van der Waals surface area contributed by atoms with Gasteiger partial charge in [-0.15, -0.1) is 0 Å². The summed E-state index contributed by atoms with van der Waals surface area (Å²) in [5.74, 6) is 0. The first kappa shape index (κ1) is 16.8. The van der Waals surface area contributed by atoms with E-state index in [0.29, 0.717) is 10.0 Å². The van der Waals surface area contributed by atoms with Crippen molar-refractivity contribution in [2.45, 2.75) is 25.8 Å². The largest absolute Gasteiger partial charge is 0.310 e. The van der Waals surface area contributed by atoms with E-state index in [1.165, 1.54) is 5.56 Å². The van der Waals surface area contributed by atoms with Gasteiger partial charge in [0, 0.05) is 10.5 Å². The molecule has 2 aromatic rings. The van der Waals surface area contributed by atoms with Gasteiger partial charge in [0.05, 0.1) is 10.0 Å². The van der Waals surface area contributed by atoms with Crippen molar-refractivity contribution in [1.82, 2.24) is 5.32 Å². The normalized spacial score (nSPS) is 12.4. The highest BCUT2D eigenvalue weighted by Gasteiger charge is 2.13. The van der Waals surface area contributed by atoms with Crippen molar-refractivity contribution >= 4 is 39.1 Å². The van der Waals surface area contributed by atoms with Gasteiger partial charge in [-0.25, -0.2) is 0 Å². The molecule has 0 fully saturated rings. The Morgan fingerprint density at radius 1 is 1.10 bits per heavy atom. The molecule has 4 heteroatoms. The number of nitrogens with one attached hydrogen (secondary N) is 1. The van der Waals surface area contributed by atoms with Crippen molar-refractivity contribution in [2.75, 3.05) is 6.54 Å². The average Bonchev–Trinajstić information content (AvgIpc) is 2.46. The Kier molecular flexibility index (Phi) is 6.56. The topological polar surface area (TPSA) is 12.0 Å². The zero-order valence-electron chi connectivity index (χ0n) is 11.9. The molecule has 0 radical (unpaired) electrons. The van der Waals surface area contributed by atoms with Crippen LogP contribution >= 0.6 is 39.1 Å². The summed E-state index contributed by atoms with van der Waals surface area (Å²) in [6.45, 7) is 3.14. The zero-order chi connectivity index (χ0) is 15.2. The Balaban J connectivity index is 2.22. The molecule has 2 aromatic carbocycles. The third kappa shape index (κ3) is 5.00. The fourth-order valence-corrected chi connectivity index (χ4v) is 3.01. The molecule has 1 unspecified atom stereocenters. The van der Waals surface area contributed by atoms with E-state index in [0.717, 1.165) is 29.4 Å². The van der Waals surface area contributed by atoms with E-state index in [1.54, 1.807) is 0 Å². The van der Waals surface area contributed by atoms with Gasteiger partial charge in [0.1, 0.15) is 0 Å². The number of rotatable bonds is 6. The third-order valence-electron chi connectivity index (χ3n) is 3.32. The lowest BCUT2D eigenvalue weighted by molar-refractivity contribution is 0.529. The SMILES string of the molecule is CCCNC(Cc1cccc(Br)c1)c1ccc(Cl)c(Cl)c1. The first-order valence-electron chi connectivity index (χ1n) is 7.03. The van der Waals surface area contributed by atoms with Gasteiger partial charge in [-0.1, -0.05) is 64.3 Å². The maximum absolute atomic E-state index is 6.15. The van der Waals surface area contributed by atoms with E-state index in [4.69, 9.17) is 23.2 Å². The Labute approximate surface area is 144 Å². The first-order chi connectivity index (χ1) is 10.1. The molecular weight excluding hydrogens is 369 g/mol. The number of hydrogen-bond donors (Lipinski definition) is 1. The Hall–Kier alpha value is -0.540. The molecule has 0 aromatic heterocycles. The van der Waals surface area contributed by atoms with Gasteiger partial charge < -0.3 is 5.32 Å².